The minimum atomic E-state index is -0.181. The molecule has 34 heavy (non-hydrogen) atoms. The fraction of sp³-hybridized carbons (Fsp3) is 0.280. The van der Waals surface area contributed by atoms with Gasteiger partial charge < -0.3 is 5.32 Å². The molecular formula is C25H26ClN5O2S. The number of halogens is 1. The molecule has 0 fully saturated rings. The van der Waals surface area contributed by atoms with Crippen LogP contribution in [0.15, 0.2) is 52.4 Å². The first kappa shape index (κ1) is 24.0. The lowest BCUT2D eigenvalue weighted by atomic mass is 10.1. The van der Waals surface area contributed by atoms with E-state index < -0.39 is 0 Å². The lowest BCUT2D eigenvalue weighted by Gasteiger charge is -2.13. The van der Waals surface area contributed by atoms with E-state index in [1.165, 1.54) is 17.3 Å². The van der Waals surface area contributed by atoms with Gasteiger partial charge in [-0.1, -0.05) is 41.6 Å². The quantitative estimate of drug-likeness (QED) is 0.289. The van der Waals surface area contributed by atoms with Gasteiger partial charge in [-0.25, -0.2) is 4.98 Å². The minimum Gasteiger partial charge on any atom is -0.325 e. The number of thioether (sulfide) groups is 1. The van der Waals surface area contributed by atoms with Crippen molar-refractivity contribution in [3.63, 3.8) is 0 Å². The number of carbonyl (C=O) groups is 1. The maximum Gasteiger partial charge on any atom is 0.280 e. The second-order valence-corrected chi connectivity index (χ2v) is 9.53. The van der Waals surface area contributed by atoms with E-state index in [0.29, 0.717) is 40.0 Å². The monoisotopic (exact) mass is 495 g/mol. The third-order valence-electron chi connectivity index (χ3n) is 5.66. The first-order valence-corrected chi connectivity index (χ1v) is 12.4. The summed E-state index contributed by atoms with van der Waals surface area (Å²) in [5.74, 6) is -0.0477. The molecule has 2 heterocycles. The summed E-state index contributed by atoms with van der Waals surface area (Å²) in [7, 11) is 0. The Labute approximate surface area is 207 Å². The Bertz CT molecular complexity index is 1430. The van der Waals surface area contributed by atoms with Gasteiger partial charge >= 0.3 is 0 Å². The Hall–Kier alpha value is -3.10. The molecule has 0 unspecified atom stereocenters. The van der Waals surface area contributed by atoms with E-state index in [4.69, 9.17) is 16.6 Å². The van der Waals surface area contributed by atoms with Gasteiger partial charge in [-0.05, 0) is 68.7 Å². The molecule has 0 spiro atoms. The van der Waals surface area contributed by atoms with Crippen LogP contribution in [0.3, 0.4) is 0 Å². The summed E-state index contributed by atoms with van der Waals surface area (Å²) in [6.45, 7) is 8.69. The van der Waals surface area contributed by atoms with Crippen molar-refractivity contribution in [2.45, 2.75) is 45.9 Å². The average Bonchev–Trinajstić information content (AvgIpc) is 3.14. The Morgan fingerprint density at radius 2 is 1.82 bits per heavy atom. The Balaban J connectivity index is 1.66. The number of rotatable bonds is 7. The maximum absolute atomic E-state index is 13.5. The molecule has 0 aliphatic rings. The molecule has 0 aliphatic carbocycles. The lowest BCUT2D eigenvalue weighted by Crippen LogP contribution is -2.26. The van der Waals surface area contributed by atoms with Crippen molar-refractivity contribution in [2.24, 2.45) is 0 Å². The lowest BCUT2D eigenvalue weighted by molar-refractivity contribution is -0.113. The van der Waals surface area contributed by atoms with Gasteiger partial charge in [0, 0.05) is 17.3 Å². The van der Waals surface area contributed by atoms with Crippen LogP contribution in [0, 0.1) is 20.8 Å². The highest BCUT2D eigenvalue weighted by Crippen LogP contribution is 2.22. The number of aryl methyl sites for hydroxylation is 4. The molecule has 0 radical (unpaired) electrons. The molecule has 1 N–H and O–H groups in total. The van der Waals surface area contributed by atoms with E-state index in [2.05, 4.69) is 10.4 Å². The van der Waals surface area contributed by atoms with E-state index in [1.54, 1.807) is 21.4 Å². The average molecular weight is 496 g/mol. The third-order valence-corrected chi connectivity index (χ3v) is 6.89. The molecule has 7 nitrogen and oxygen atoms in total. The molecule has 1 amide bonds. The van der Waals surface area contributed by atoms with Crippen LogP contribution in [0.2, 0.25) is 5.02 Å². The number of nitrogens with zero attached hydrogens (tertiary/aromatic N) is 4. The minimum absolute atomic E-state index is 0.118. The fourth-order valence-electron chi connectivity index (χ4n) is 3.69. The van der Waals surface area contributed by atoms with Crippen molar-refractivity contribution in [3.05, 3.63) is 80.2 Å². The second kappa shape index (κ2) is 10.0. The third kappa shape index (κ3) is 5.03. The molecule has 0 atom stereocenters. The molecule has 2 aromatic heterocycles. The summed E-state index contributed by atoms with van der Waals surface area (Å²) >= 11 is 7.26. The second-order valence-electron chi connectivity index (χ2n) is 8.15. The molecule has 4 rings (SSSR count). The number of nitrogens with one attached hydrogen (secondary N) is 1. The number of benzene rings is 2. The number of hydrogen-bond acceptors (Lipinski definition) is 5. The zero-order valence-corrected chi connectivity index (χ0v) is 21.1. The Morgan fingerprint density at radius 1 is 1.09 bits per heavy atom. The number of aromatic nitrogens is 4. The van der Waals surface area contributed by atoms with Crippen molar-refractivity contribution in [1.29, 1.82) is 0 Å². The van der Waals surface area contributed by atoms with Crippen LogP contribution in [-0.4, -0.2) is 31.0 Å². The van der Waals surface area contributed by atoms with Crippen LogP contribution in [0.5, 0.6) is 0 Å². The van der Waals surface area contributed by atoms with Crippen LogP contribution in [0.4, 0.5) is 5.69 Å². The fourth-order valence-corrected chi connectivity index (χ4v) is 4.60. The highest BCUT2D eigenvalue weighted by molar-refractivity contribution is 7.99. The molecule has 0 aliphatic heterocycles. The highest BCUT2D eigenvalue weighted by Gasteiger charge is 2.19. The first-order chi connectivity index (χ1) is 16.3. The number of amides is 1. The normalized spacial score (nSPS) is 11.2. The van der Waals surface area contributed by atoms with Gasteiger partial charge in [0.15, 0.2) is 10.7 Å². The van der Waals surface area contributed by atoms with E-state index >= 15 is 0 Å². The van der Waals surface area contributed by atoms with Crippen LogP contribution >= 0.6 is 23.4 Å². The first-order valence-electron chi connectivity index (χ1n) is 11.0. The summed E-state index contributed by atoms with van der Waals surface area (Å²) in [4.78, 5) is 31.0. The Morgan fingerprint density at radius 3 is 2.50 bits per heavy atom. The highest BCUT2D eigenvalue weighted by atomic mass is 35.5. The largest absolute Gasteiger partial charge is 0.325 e. The molecule has 4 aromatic rings. The zero-order chi connectivity index (χ0) is 24.4. The summed E-state index contributed by atoms with van der Waals surface area (Å²) in [5, 5.41) is 8.50. The standard InChI is InChI=1S/C25H26ClN5O2S/c1-5-31-23-22(17(4)29-31)28-25(30(24(23)33)13-18-7-9-19(26)10-8-18)34-14-21(32)27-20-11-6-15(2)16(3)12-20/h6-12H,5,13-14H2,1-4H3,(H,27,32). The molecule has 9 heteroatoms. The summed E-state index contributed by atoms with van der Waals surface area (Å²) in [5.41, 5.74) is 5.48. The van der Waals surface area contributed by atoms with Gasteiger partial charge in [-0.2, -0.15) is 5.10 Å². The molecule has 0 saturated carbocycles. The van der Waals surface area contributed by atoms with Gasteiger partial charge in [0.05, 0.1) is 18.0 Å². The van der Waals surface area contributed by atoms with Crippen molar-refractivity contribution < 1.29 is 4.79 Å². The van der Waals surface area contributed by atoms with Crippen LogP contribution in [0.25, 0.3) is 11.0 Å². The topological polar surface area (TPSA) is 81.8 Å². The van der Waals surface area contributed by atoms with Crippen molar-refractivity contribution in [3.8, 4) is 0 Å². The van der Waals surface area contributed by atoms with Crippen LogP contribution < -0.4 is 10.9 Å². The van der Waals surface area contributed by atoms with Crippen LogP contribution in [0.1, 0.15) is 29.3 Å². The van der Waals surface area contributed by atoms with E-state index in [9.17, 15) is 9.59 Å². The molecular weight excluding hydrogens is 470 g/mol. The molecule has 0 saturated heterocycles. The van der Waals surface area contributed by atoms with E-state index in [0.717, 1.165) is 16.8 Å². The van der Waals surface area contributed by atoms with Crippen molar-refractivity contribution in [2.75, 3.05) is 11.1 Å². The number of carbonyl (C=O) groups excluding carboxylic acids is 1. The number of anilines is 1. The molecule has 176 valence electrons. The summed E-state index contributed by atoms with van der Waals surface area (Å²) in [6.07, 6.45) is 0. The van der Waals surface area contributed by atoms with Crippen LogP contribution in [-0.2, 0) is 17.9 Å². The number of fused-ring (bicyclic) bond motifs is 1. The van der Waals surface area contributed by atoms with Gasteiger partial charge in [0.1, 0.15) is 5.52 Å². The molecule has 2 aromatic carbocycles. The van der Waals surface area contributed by atoms with E-state index in [1.807, 2.05) is 58.0 Å². The molecule has 0 bridgehead atoms. The maximum atomic E-state index is 13.5. The summed E-state index contributed by atoms with van der Waals surface area (Å²) in [6, 6.07) is 13.1. The van der Waals surface area contributed by atoms with E-state index in [-0.39, 0.29) is 17.2 Å². The smallest absolute Gasteiger partial charge is 0.280 e. The predicted molar refractivity (Wildman–Crippen MR) is 138 cm³/mol. The van der Waals surface area contributed by atoms with Gasteiger partial charge in [-0.3, -0.25) is 18.8 Å². The number of hydrogen-bond donors (Lipinski definition) is 1. The Kier molecular flexibility index (Phi) is 7.09. The van der Waals surface area contributed by atoms with Crippen molar-refractivity contribution >= 4 is 46.0 Å². The van der Waals surface area contributed by atoms with Gasteiger partial charge in [0.25, 0.3) is 5.56 Å². The van der Waals surface area contributed by atoms with Gasteiger partial charge in [-0.15, -0.1) is 0 Å². The van der Waals surface area contributed by atoms with Gasteiger partial charge in [0.2, 0.25) is 5.91 Å². The summed E-state index contributed by atoms with van der Waals surface area (Å²) < 4.78 is 3.28. The predicted octanol–water partition coefficient (Wildman–Crippen LogP) is 4.97. The zero-order valence-electron chi connectivity index (χ0n) is 19.6. The SMILES string of the molecule is CCn1nc(C)c2nc(SCC(=O)Nc3ccc(C)c(C)c3)n(Cc3ccc(Cl)cc3)c(=O)c21. The van der Waals surface area contributed by atoms with Crippen molar-refractivity contribution in [1.82, 2.24) is 19.3 Å².